The van der Waals surface area contributed by atoms with Crippen molar-refractivity contribution in [1.82, 2.24) is 24.6 Å². The summed E-state index contributed by atoms with van der Waals surface area (Å²) in [4.78, 5) is 30.0. The normalized spacial score (nSPS) is 16.5. The lowest BCUT2D eigenvalue weighted by Gasteiger charge is -2.33. The third-order valence-corrected chi connectivity index (χ3v) is 9.50. The second-order valence-corrected chi connectivity index (χ2v) is 14.4. The second-order valence-electron chi connectivity index (χ2n) is 10.9. The van der Waals surface area contributed by atoms with Gasteiger partial charge in [-0.05, 0) is 48.1 Å². The molecule has 1 fully saturated rings. The molecule has 0 aliphatic carbocycles. The highest BCUT2D eigenvalue weighted by atomic mass is 32.2. The summed E-state index contributed by atoms with van der Waals surface area (Å²) >= 11 is 0. The fraction of sp³-hybridized carbons (Fsp3) is 0.536. The molecule has 43 heavy (non-hydrogen) atoms. The van der Waals surface area contributed by atoms with Crippen molar-refractivity contribution in [3.63, 3.8) is 0 Å². The van der Waals surface area contributed by atoms with E-state index in [1.54, 1.807) is 23.1 Å². The summed E-state index contributed by atoms with van der Waals surface area (Å²) in [6, 6.07) is 10.5. The molecule has 0 aromatic heterocycles. The molecule has 15 heteroatoms. The number of carbonyl (C=O) groups excluding carboxylic acids is 2. The van der Waals surface area contributed by atoms with E-state index in [2.05, 4.69) is 14.8 Å². The molecular weight excluding hydrogens is 594 g/mol. The van der Waals surface area contributed by atoms with Crippen LogP contribution in [0, 0.1) is 11.3 Å². The number of hydrogen-bond acceptors (Lipinski definition) is 7. The maximum absolute atomic E-state index is 13.8. The van der Waals surface area contributed by atoms with Gasteiger partial charge in [0.2, 0.25) is 31.9 Å². The van der Waals surface area contributed by atoms with Gasteiger partial charge in [-0.1, -0.05) is 43.7 Å². The maximum Gasteiger partial charge on any atom is 0.241 e. The zero-order chi connectivity index (χ0) is 31.6. The van der Waals surface area contributed by atoms with Crippen LogP contribution in [0.15, 0.2) is 47.4 Å². The molecule has 2 amide bonds. The Hall–Kier alpha value is -3.27. The highest BCUT2D eigenvalue weighted by Gasteiger charge is 2.32. The Balaban J connectivity index is 1.81. The average Bonchev–Trinajstić information content (AvgIpc) is 2.96. The van der Waals surface area contributed by atoms with E-state index < -0.39 is 44.3 Å². The molecule has 238 valence electrons. The number of carbonyl (C=O) groups is 2. The van der Waals surface area contributed by atoms with Gasteiger partial charge in [-0.2, -0.15) is 4.72 Å². The van der Waals surface area contributed by atoms with Crippen molar-refractivity contribution in [2.75, 3.05) is 45.5 Å². The number of rotatable bonds is 15. The van der Waals surface area contributed by atoms with Crippen LogP contribution in [0.1, 0.15) is 39.0 Å². The number of fused-ring (bicyclic) bond motifs is 1. The second kappa shape index (κ2) is 15.5. The van der Waals surface area contributed by atoms with Gasteiger partial charge in [0.05, 0.1) is 17.6 Å². The molecule has 0 spiro atoms. The van der Waals surface area contributed by atoms with Gasteiger partial charge in [0.1, 0.15) is 6.04 Å². The molecule has 1 aliphatic rings. The van der Waals surface area contributed by atoms with Crippen molar-refractivity contribution in [1.29, 1.82) is 5.41 Å². The van der Waals surface area contributed by atoms with E-state index in [0.29, 0.717) is 31.4 Å². The summed E-state index contributed by atoms with van der Waals surface area (Å²) in [5.41, 5.74) is 5.62. The molecule has 3 rings (SSSR count). The van der Waals surface area contributed by atoms with Crippen LogP contribution in [0.25, 0.3) is 10.8 Å². The lowest BCUT2D eigenvalue weighted by molar-refractivity contribution is -0.135. The summed E-state index contributed by atoms with van der Waals surface area (Å²) in [5, 5.41) is 12.0. The first-order valence-corrected chi connectivity index (χ1v) is 17.8. The van der Waals surface area contributed by atoms with Gasteiger partial charge in [0, 0.05) is 39.3 Å². The van der Waals surface area contributed by atoms with Crippen molar-refractivity contribution in [3.05, 3.63) is 42.5 Å². The molecule has 0 bridgehead atoms. The van der Waals surface area contributed by atoms with Gasteiger partial charge >= 0.3 is 0 Å². The fourth-order valence-corrected chi connectivity index (χ4v) is 6.69. The van der Waals surface area contributed by atoms with Crippen molar-refractivity contribution in [2.24, 2.45) is 11.7 Å². The molecule has 1 aliphatic heterocycles. The third kappa shape index (κ3) is 10.7. The molecule has 0 radical (unpaired) electrons. The number of nitrogens with zero attached hydrogens (tertiary/aromatic N) is 2. The van der Waals surface area contributed by atoms with Crippen molar-refractivity contribution < 1.29 is 26.4 Å². The Morgan fingerprint density at radius 2 is 1.84 bits per heavy atom. The summed E-state index contributed by atoms with van der Waals surface area (Å²) in [6.07, 6.45) is 3.57. The summed E-state index contributed by atoms with van der Waals surface area (Å²) < 4.78 is 55.0. The zero-order valence-electron chi connectivity index (χ0n) is 24.7. The van der Waals surface area contributed by atoms with Crippen LogP contribution in [0.5, 0.6) is 0 Å². The summed E-state index contributed by atoms with van der Waals surface area (Å²) in [5.74, 6) is -1.11. The van der Waals surface area contributed by atoms with Crippen LogP contribution in [0.3, 0.4) is 0 Å². The third-order valence-electron chi connectivity index (χ3n) is 7.30. The number of guanidine groups is 1. The van der Waals surface area contributed by atoms with Crippen LogP contribution >= 0.6 is 0 Å². The predicted molar refractivity (Wildman–Crippen MR) is 166 cm³/mol. The molecule has 13 nitrogen and oxygen atoms in total. The minimum absolute atomic E-state index is 0.00464. The van der Waals surface area contributed by atoms with Gasteiger partial charge in [-0.15, -0.1) is 0 Å². The van der Waals surface area contributed by atoms with E-state index in [1.165, 1.54) is 17.0 Å². The van der Waals surface area contributed by atoms with Crippen molar-refractivity contribution in [3.8, 4) is 0 Å². The zero-order valence-corrected chi connectivity index (χ0v) is 26.3. The van der Waals surface area contributed by atoms with Gasteiger partial charge in [-0.3, -0.25) is 15.0 Å². The van der Waals surface area contributed by atoms with E-state index in [-0.39, 0.29) is 36.4 Å². The summed E-state index contributed by atoms with van der Waals surface area (Å²) in [7, 11) is -7.73. The van der Waals surface area contributed by atoms with E-state index in [1.807, 2.05) is 19.1 Å². The van der Waals surface area contributed by atoms with Crippen LogP contribution < -0.4 is 20.5 Å². The number of sulfonamides is 2. The Labute approximate surface area is 254 Å². The van der Waals surface area contributed by atoms with Gasteiger partial charge in [0.15, 0.2) is 5.96 Å². The first-order chi connectivity index (χ1) is 20.3. The standard InChI is InChI=1S/C28H43N7O6S2/c1-3-4-14-34(16-13-32-42(2,38)39)27(37)25(18-26(36)31-19-21-8-7-15-35(20-21)28(29)30)33-43(40,41)24-12-11-22-9-5-6-10-23(22)17-24/h5-6,9-12,17,21,25,32-33H,3-4,7-8,13-16,18-20H2,1-2H3,(H3,29,30)(H,31,36)/t21-,25-/m0/s1. The van der Waals surface area contributed by atoms with Gasteiger partial charge in [0.25, 0.3) is 0 Å². The molecule has 2 aromatic rings. The van der Waals surface area contributed by atoms with E-state index >= 15 is 0 Å². The fourth-order valence-electron chi connectivity index (χ4n) is 5.00. The molecular formula is C28H43N7O6S2. The topological polar surface area (TPSA) is 195 Å². The maximum atomic E-state index is 13.8. The number of nitrogens with two attached hydrogens (primary N) is 1. The summed E-state index contributed by atoms with van der Waals surface area (Å²) in [6.45, 7) is 3.63. The van der Waals surface area contributed by atoms with Crippen LogP contribution in [0.4, 0.5) is 0 Å². The van der Waals surface area contributed by atoms with Crippen LogP contribution in [-0.4, -0.2) is 96.0 Å². The number of hydrogen-bond donors (Lipinski definition) is 5. The Kier molecular flexibility index (Phi) is 12.3. The van der Waals surface area contributed by atoms with Crippen LogP contribution in [-0.2, 0) is 29.6 Å². The molecule has 1 heterocycles. The number of amides is 2. The molecule has 2 aromatic carbocycles. The van der Waals surface area contributed by atoms with Gasteiger partial charge < -0.3 is 20.9 Å². The molecule has 0 unspecified atom stereocenters. The van der Waals surface area contributed by atoms with E-state index in [4.69, 9.17) is 11.1 Å². The average molecular weight is 638 g/mol. The monoisotopic (exact) mass is 637 g/mol. The molecule has 1 saturated heterocycles. The first-order valence-electron chi connectivity index (χ1n) is 14.4. The minimum Gasteiger partial charge on any atom is -0.370 e. The molecule has 6 N–H and O–H groups in total. The Bertz CT molecular complexity index is 1500. The first kappa shape index (κ1) is 34.2. The number of likely N-dealkylation sites (tertiary alicyclic amines) is 1. The Morgan fingerprint density at radius 3 is 2.51 bits per heavy atom. The van der Waals surface area contributed by atoms with Crippen LogP contribution in [0.2, 0.25) is 0 Å². The highest BCUT2D eigenvalue weighted by molar-refractivity contribution is 7.89. The lowest BCUT2D eigenvalue weighted by Crippen LogP contribution is -2.52. The van der Waals surface area contributed by atoms with Gasteiger partial charge in [-0.25, -0.2) is 21.6 Å². The number of nitrogens with one attached hydrogen (secondary N) is 4. The van der Waals surface area contributed by atoms with E-state index in [0.717, 1.165) is 30.9 Å². The number of benzene rings is 2. The Morgan fingerprint density at radius 1 is 1.12 bits per heavy atom. The quantitative estimate of drug-likeness (QED) is 0.140. The lowest BCUT2D eigenvalue weighted by atomic mass is 9.98. The minimum atomic E-state index is -4.22. The smallest absolute Gasteiger partial charge is 0.241 e. The SMILES string of the molecule is CCCCN(CCNS(C)(=O)=O)C(=O)[C@H](CC(=O)NC[C@@H]1CCCN(C(=N)N)C1)NS(=O)(=O)c1ccc2ccccc2c1. The predicted octanol–water partition coefficient (Wildman–Crippen LogP) is 0.776. The molecule has 0 saturated carbocycles. The van der Waals surface area contributed by atoms with E-state index in [9.17, 15) is 26.4 Å². The van der Waals surface area contributed by atoms with Crippen molar-refractivity contribution in [2.45, 2.75) is 50.0 Å². The number of piperidine rings is 1. The highest BCUT2D eigenvalue weighted by Crippen LogP contribution is 2.20. The number of unbranched alkanes of at least 4 members (excludes halogenated alkanes) is 1. The van der Waals surface area contributed by atoms with Crippen molar-refractivity contribution >= 4 is 48.6 Å². The largest absolute Gasteiger partial charge is 0.370 e. The molecule has 2 atom stereocenters.